The maximum absolute atomic E-state index is 15.1. The van der Waals surface area contributed by atoms with E-state index in [0.29, 0.717) is 23.5 Å². The molecule has 4 saturated heterocycles. The first-order valence-corrected chi connectivity index (χ1v) is 25.7. The highest BCUT2D eigenvalue weighted by Crippen LogP contribution is 2.49. The third-order valence-corrected chi connectivity index (χ3v) is 16.9. The van der Waals surface area contributed by atoms with Crippen molar-refractivity contribution >= 4 is 35.4 Å². The lowest BCUT2D eigenvalue weighted by molar-refractivity contribution is -0.319. The molecule has 4 heterocycles. The molecule has 0 bridgehead atoms. The fourth-order valence-electron chi connectivity index (χ4n) is 11.3. The van der Waals surface area contributed by atoms with Gasteiger partial charge in [0, 0.05) is 68.2 Å². The number of Topliss-reactive ketones (excluding diaryl/α,β-unsaturated/α-hetero) is 1. The predicted octanol–water partition coefficient (Wildman–Crippen LogP) is 4.81. The average molecular weight is 1010 g/mol. The SMILES string of the molecule is CC[C@H]1OC(=O)[C@H](C)[C@@H](O[C@H]2C[C@@](C)(OC)[C@@H](O)[C@@H](C)O2)[C@H](C)[C@@H](O[C@@H]2O[C@H](C)C[C@H](N(C)C)[C@H]2O)[C@](C)(OC)C[C@@H](C)C(=O)[C@H](C)C2C(SCCNC(=O)c3ccc(OC)c(OC)c3)C(=O)O[C@@]21C. The fraction of sp³-hybridized carbons (Fsp3) is 0.804. The molecular formula is C51H82N2O16S. The number of rotatable bonds is 15. The van der Waals surface area contributed by atoms with Crippen LogP contribution >= 0.6 is 11.8 Å². The third-order valence-electron chi connectivity index (χ3n) is 15.6. The summed E-state index contributed by atoms with van der Waals surface area (Å²) in [5, 5.41) is 25.0. The lowest BCUT2D eigenvalue weighted by Crippen LogP contribution is -2.61. The molecule has 0 spiro atoms. The van der Waals surface area contributed by atoms with Crippen LogP contribution in [-0.2, 0) is 52.3 Å². The molecule has 70 heavy (non-hydrogen) atoms. The van der Waals surface area contributed by atoms with Gasteiger partial charge in [-0.25, -0.2) is 0 Å². The molecule has 0 aromatic heterocycles. The van der Waals surface area contributed by atoms with Crippen molar-refractivity contribution in [1.29, 1.82) is 0 Å². The van der Waals surface area contributed by atoms with E-state index in [-0.39, 0.29) is 55.4 Å². The van der Waals surface area contributed by atoms with Gasteiger partial charge >= 0.3 is 11.9 Å². The second kappa shape index (κ2) is 23.8. The molecule has 398 valence electrons. The van der Waals surface area contributed by atoms with E-state index in [1.807, 2.05) is 53.6 Å². The van der Waals surface area contributed by atoms with Crippen LogP contribution in [0.1, 0.15) is 105 Å². The van der Waals surface area contributed by atoms with E-state index in [0.717, 1.165) is 0 Å². The Morgan fingerprint density at radius 2 is 1.53 bits per heavy atom. The molecule has 19 heteroatoms. The van der Waals surface area contributed by atoms with Crippen molar-refractivity contribution in [3.8, 4) is 11.5 Å². The van der Waals surface area contributed by atoms with E-state index >= 15 is 4.79 Å². The highest BCUT2D eigenvalue weighted by molar-refractivity contribution is 8.00. The molecule has 0 radical (unpaired) electrons. The Bertz CT molecular complexity index is 1960. The Kier molecular flexibility index (Phi) is 19.7. The Labute approximate surface area is 419 Å². The number of amides is 1. The number of ketones is 1. The van der Waals surface area contributed by atoms with Crippen molar-refractivity contribution in [3.05, 3.63) is 23.8 Å². The first kappa shape index (κ1) is 57.8. The third kappa shape index (κ3) is 12.1. The molecule has 4 fully saturated rings. The van der Waals surface area contributed by atoms with Gasteiger partial charge in [0.25, 0.3) is 5.91 Å². The zero-order valence-electron chi connectivity index (χ0n) is 44.2. The van der Waals surface area contributed by atoms with Crippen LogP contribution in [-0.4, -0.2) is 177 Å². The lowest BCUT2D eigenvalue weighted by atomic mass is 9.70. The second-order valence-electron chi connectivity index (χ2n) is 20.7. The molecule has 3 N–H and O–H groups in total. The Hall–Kier alpha value is -3.11. The molecule has 1 amide bonds. The summed E-state index contributed by atoms with van der Waals surface area (Å²) in [5.41, 5.74) is -3.45. The molecule has 2 unspecified atom stereocenters. The average Bonchev–Trinajstić information content (AvgIpc) is 3.59. The molecule has 0 saturated carbocycles. The van der Waals surface area contributed by atoms with Gasteiger partial charge in [-0.05, 0) is 93.1 Å². The minimum atomic E-state index is -1.45. The zero-order chi connectivity index (χ0) is 52.2. The molecule has 18 nitrogen and oxygen atoms in total. The summed E-state index contributed by atoms with van der Waals surface area (Å²) < 4.78 is 62.3. The van der Waals surface area contributed by atoms with Crippen LogP contribution in [0, 0.1) is 29.6 Å². The number of hydrogen-bond acceptors (Lipinski definition) is 18. The topological polar surface area (TPSA) is 216 Å². The molecular weight excluding hydrogens is 929 g/mol. The van der Waals surface area contributed by atoms with Gasteiger partial charge in [-0.3, -0.25) is 19.2 Å². The molecule has 1 aromatic rings. The minimum absolute atomic E-state index is 0.106. The first-order valence-electron chi connectivity index (χ1n) is 24.7. The molecule has 4 aliphatic heterocycles. The Morgan fingerprint density at radius 3 is 2.13 bits per heavy atom. The number of fused-ring (bicyclic) bond motifs is 1. The van der Waals surface area contributed by atoms with Gasteiger partial charge in [0.1, 0.15) is 29.3 Å². The van der Waals surface area contributed by atoms with Crippen molar-refractivity contribution in [1.82, 2.24) is 10.2 Å². The van der Waals surface area contributed by atoms with Crippen LogP contribution < -0.4 is 14.8 Å². The number of hydrogen-bond donors (Lipinski definition) is 3. The number of aliphatic hydroxyl groups is 2. The maximum Gasteiger partial charge on any atom is 0.320 e. The van der Waals surface area contributed by atoms with Crippen molar-refractivity contribution < 1.29 is 76.8 Å². The van der Waals surface area contributed by atoms with Gasteiger partial charge < -0.3 is 67.8 Å². The summed E-state index contributed by atoms with van der Waals surface area (Å²) in [7, 11) is 9.80. The molecule has 0 aliphatic carbocycles. The summed E-state index contributed by atoms with van der Waals surface area (Å²) in [6.07, 6.45) is -7.23. The summed E-state index contributed by atoms with van der Waals surface area (Å²) in [4.78, 5) is 59.4. The van der Waals surface area contributed by atoms with E-state index in [9.17, 15) is 24.6 Å². The number of carbonyl (C=O) groups excluding carboxylic acids is 4. The largest absolute Gasteiger partial charge is 0.493 e. The van der Waals surface area contributed by atoms with Gasteiger partial charge in [0.2, 0.25) is 0 Å². The number of likely N-dealkylation sites (N-methyl/N-ethyl adjacent to an activating group) is 1. The maximum atomic E-state index is 15.1. The smallest absolute Gasteiger partial charge is 0.320 e. The van der Waals surface area contributed by atoms with E-state index in [1.165, 1.54) is 40.2 Å². The zero-order valence-corrected chi connectivity index (χ0v) is 45.0. The molecule has 1 aromatic carbocycles. The van der Waals surface area contributed by atoms with Crippen LogP contribution in [0.2, 0.25) is 0 Å². The number of cyclic esters (lactones) is 1. The number of nitrogens with zero attached hydrogens (tertiary/aromatic N) is 1. The van der Waals surface area contributed by atoms with Crippen molar-refractivity contribution in [2.24, 2.45) is 29.6 Å². The molecule has 19 atom stereocenters. The van der Waals surface area contributed by atoms with Crippen molar-refractivity contribution in [2.45, 2.75) is 178 Å². The van der Waals surface area contributed by atoms with Gasteiger partial charge in [0.05, 0.1) is 55.8 Å². The Morgan fingerprint density at radius 1 is 0.871 bits per heavy atom. The van der Waals surface area contributed by atoms with Crippen LogP contribution in [0.25, 0.3) is 0 Å². The quantitative estimate of drug-likeness (QED) is 0.159. The Balaban J connectivity index is 1.55. The number of nitrogens with one attached hydrogen (secondary N) is 1. The van der Waals surface area contributed by atoms with Crippen LogP contribution in [0.5, 0.6) is 11.5 Å². The lowest BCUT2D eigenvalue weighted by Gasteiger charge is -2.50. The predicted molar refractivity (Wildman–Crippen MR) is 261 cm³/mol. The molecule has 5 rings (SSSR count). The van der Waals surface area contributed by atoms with E-state index in [4.69, 9.17) is 47.4 Å². The van der Waals surface area contributed by atoms with Crippen LogP contribution in [0.4, 0.5) is 0 Å². The van der Waals surface area contributed by atoms with E-state index in [2.05, 4.69) is 5.32 Å². The van der Waals surface area contributed by atoms with Gasteiger partial charge in [0.15, 0.2) is 29.7 Å². The van der Waals surface area contributed by atoms with Gasteiger partial charge in [-0.2, -0.15) is 0 Å². The van der Waals surface area contributed by atoms with E-state index < -0.39 is 113 Å². The normalized spacial score (nSPS) is 41.0. The summed E-state index contributed by atoms with van der Waals surface area (Å²) in [6, 6.07) is 4.53. The first-order chi connectivity index (χ1) is 32.8. The summed E-state index contributed by atoms with van der Waals surface area (Å²) in [5.74, 6) is -4.62. The van der Waals surface area contributed by atoms with Gasteiger partial charge in [-0.1, -0.05) is 27.7 Å². The second-order valence-corrected chi connectivity index (χ2v) is 22.0. The number of esters is 2. The number of aliphatic hydroxyl groups excluding tert-OH is 2. The number of ether oxygens (including phenoxy) is 10. The highest BCUT2D eigenvalue weighted by Gasteiger charge is 2.62. The number of carbonyl (C=O) groups is 4. The summed E-state index contributed by atoms with van der Waals surface area (Å²) in [6.45, 7) is 18.1. The summed E-state index contributed by atoms with van der Waals surface area (Å²) >= 11 is 1.27. The fourth-order valence-corrected chi connectivity index (χ4v) is 12.7. The highest BCUT2D eigenvalue weighted by atomic mass is 32.2. The minimum Gasteiger partial charge on any atom is -0.493 e. The van der Waals surface area contributed by atoms with Crippen molar-refractivity contribution in [2.75, 3.05) is 54.8 Å². The van der Waals surface area contributed by atoms with Crippen molar-refractivity contribution in [3.63, 3.8) is 0 Å². The van der Waals surface area contributed by atoms with Crippen LogP contribution in [0.15, 0.2) is 18.2 Å². The number of methoxy groups -OCH3 is 4. The number of benzene rings is 1. The monoisotopic (exact) mass is 1010 g/mol. The van der Waals surface area contributed by atoms with E-state index in [1.54, 1.807) is 52.8 Å². The standard InChI is InChI=1S/C51H82N2O16S/c1-17-36-51(10)38(42(47(59)69-51)70-21-20-52-45(57)32-18-19-34(60-13)35(23-32)61-14)28(4)39(54)26(2)24-50(9,63-16)44(68-48-40(55)33(53(11)12)22-27(3)64-48)29(5)41(30(6)46(58)66-36)67-37-25-49(8,62-15)43(56)31(7)65-37/h18-19,23,26-31,33,36-38,40-44,48,55-56H,17,20-22,24-25H2,1-16H3,(H,52,57)/t26-,27-,28-,29+,30-,31-,33+,36-,37+,38?,40-,41+,42?,43+,44-,48+,49-,50-,51-/m1/s1. The molecule has 4 aliphatic rings. The van der Waals surface area contributed by atoms with Gasteiger partial charge in [-0.15, -0.1) is 11.8 Å². The number of thioether (sulfide) groups is 1. The van der Waals surface area contributed by atoms with Crippen LogP contribution in [0.3, 0.4) is 0 Å².